The number of rotatable bonds is 0. The van der Waals surface area contributed by atoms with Gasteiger partial charge in [-0.2, -0.15) is 10.2 Å². The van der Waals surface area contributed by atoms with Crippen molar-refractivity contribution in [1.82, 2.24) is 15.0 Å². The molecule has 0 saturated carbocycles. The molecule has 15 heavy (non-hydrogen) atoms. The summed E-state index contributed by atoms with van der Waals surface area (Å²) in [5, 5.41) is 9.67. The van der Waals surface area contributed by atoms with Crippen LogP contribution in [0.3, 0.4) is 0 Å². The quantitative estimate of drug-likeness (QED) is 0.623. The Balaban J connectivity index is 2.49. The summed E-state index contributed by atoms with van der Waals surface area (Å²) < 4.78 is 0. The lowest BCUT2D eigenvalue weighted by molar-refractivity contribution is 0.965. The molecule has 2 aromatic rings. The molecular weight excluding hydrogens is 190 g/mol. The molecule has 0 fully saturated rings. The fraction of sp³-hybridized carbons (Fsp3) is 0.100. The maximum absolute atomic E-state index is 8.76. The zero-order chi connectivity index (χ0) is 10.3. The normalized spacial score (nSPS) is 12.7. The summed E-state index contributed by atoms with van der Waals surface area (Å²) in [4.78, 5) is 16.5. The van der Waals surface area contributed by atoms with Crippen molar-refractivity contribution in [3.8, 4) is 6.07 Å². The maximum atomic E-state index is 8.76. The van der Waals surface area contributed by atoms with Crippen LogP contribution in [-0.4, -0.2) is 21.2 Å². The van der Waals surface area contributed by atoms with Crippen molar-refractivity contribution < 1.29 is 0 Å². The molecule has 0 unspecified atom stereocenters. The number of hydrogen-bond acceptors (Lipinski definition) is 5. The zero-order valence-electron chi connectivity index (χ0n) is 7.68. The SMILES string of the molecule is N#Cc1nc2c3c(ccnc3n1)C=NC2. The third-order valence-corrected chi connectivity index (χ3v) is 2.28. The fourth-order valence-corrected chi connectivity index (χ4v) is 1.66. The minimum Gasteiger partial charge on any atom is -0.286 e. The van der Waals surface area contributed by atoms with Gasteiger partial charge >= 0.3 is 0 Å². The number of aromatic nitrogens is 3. The first-order valence-corrected chi connectivity index (χ1v) is 4.44. The molecule has 0 radical (unpaired) electrons. The summed E-state index contributed by atoms with van der Waals surface area (Å²) in [5.41, 5.74) is 2.31. The van der Waals surface area contributed by atoms with Gasteiger partial charge in [-0.15, -0.1) is 0 Å². The third kappa shape index (κ3) is 1.08. The predicted molar refractivity (Wildman–Crippen MR) is 53.3 cm³/mol. The molecule has 0 aromatic carbocycles. The first-order valence-electron chi connectivity index (χ1n) is 4.44. The smallest absolute Gasteiger partial charge is 0.234 e. The topological polar surface area (TPSA) is 74.8 Å². The van der Waals surface area contributed by atoms with Crippen molar-refractivity contribution in [2.24, 2.45) is 4.99 Å². The molecule has 0 aliphatic carbocycles. The number of nitriles is 1. The highest BCUT2D eigenvalue weighted by Gasteiger charge is 2.13. The van der Waals surface area contributed by atoms with E-state index in [1.807, 2.05) is 12.1 Å². The lowest BCUT2D eigenvalue weighted by Gasteiger charge is -2.09. The Kier molecular flexibility index (Phi) is 1.50. The van der Waals surface area contributed by atoms with Crippen LogP contribution < -0.4 is 0 Å². The molecule has 2 aromatic heterocycles. The monoisotopic (exact) mass is 195 g/mol. The first-order chi connectivity index (χ1) is 7.38. The molecule has 0 atom stereocenters. The highest BCUT2D eigenvalue weighted by Crippen LogP contribution is 2.21. The van der Waals surface area contributed by atoms with E-state index in [1.165, 1.54) is 0 Å². The minimum absolute atomic E-state index is 0.152. The number of nitrogens with zero attached hydrogens (tertiary/aromatic N) is 5. The Hall–Kier alpha value is -2.35. The van der Waals surface area contributed by atoms with Gasteiger partial charge in [0.25, 0.3) is 0 Å². The van der Waals surface area contributed by atoms with E-state index < -0.39 is 0 Å². The summed E-state index contributed by atoms with van der Waals surface area (Å²) in [5.74, 6) is 0.152. The van der Waals surface area contributed by atoms with Gasteiger partial charge in [0.2, 0.25) is 5.82 Å². The summed E-state index contributed by atoms with van der Waals surface area (Å²) in [6, 6.07) is 3.79. The van der Waals surface area contributed by atoms with Gasteiger partial charge in [0.15, 0.2) is 5.65 Å². The van der Waals surface area contributed by atoms with Gasteiger partial charge in [0.1, 0.15) is 6.07 Å². The van der Waals surface area contributed by atoms with Crippen molar-refractivity contribution in [3.05, 3.63) is 29.3 Å². The van der Waals surface area contributed by atoms with Crippen LogP contribution in [0.4, 0.5) is 0 Å². The average Bonchev–Trinajstić information content (AvgIpc) is 2.29. The van der Waals surface area contributed by atoms with Crippen LogP contribution in [0.25, 0.3) is 11.0 Å². The van der Waals surface area contributed by atoms with Gasteiger partial charge < -0.3 is 0 Å². The molecule has 1 aliphatic heterocycles. The van der Waals surface area contributed by atoms with Gasteiger partial charge in [-0.1, -0.05) is 0 Å². The largest absolute Gasteiger partial charge is 0.286 e. The molecule has 0 spiro atoms. The Labute approximate surface area is 85.1 Å². The lowest BCUT2D eigenvalue weighted by Crippen LogP contribution is -2.05. The number of aliphatic imine (C=N–C) groups is 1. The fourth-order valence-electron chi connectivity index (χ4n) is 1.66. The van der Waals surface area contributed by atoms with Crippen molar-refractivity contribution >= 4 is 17.2 Å². The van der Waals surface area contributed by atoms with E-state index in [0.717, 1.165) is 16.6 Å². The van der Waals surface area contributed by atoms with E-state index in [-0.39, 0.29) is 5.82 Å². The number of hydrogen-bond donors (Lipinski definition) is 0. The Bertz CT molecular complexity index is 623. The zero-order valence-corrected chi connectivity index (χ0v) is 7.68. The van der Waals surface area contributed by atoms with Gasteiger partial charge in [-0.05, 0) is 6.07 Å². The highest BCUT2D eigenvalue weighted by molar-refractivity contribution is 5.99. The van der Waals surface area contributed by atoms with E-state index in [0.29, 0.717) is 12.2 Å². The Morgan fingerprint density at radius 1 is 1.33 bits per heavy atom. The van der Waals surface area contributed by atoms with E-state index in [1.54, 1.807) is 12.4 Å². The van der Waals surface area contributed by atoms with E-state index >= 15 is 0 Å². The van der Waals surface area contributed by atoms with Crippen LogP contribution in [0.2, 0.25) is 0 Å². The first kappa shape index (κ1) is 8.00. The third-order valence-electron chi connectivity index (χ3n) is 2.28. The van der Waals surface area contributed by atoms with Gasteiger partial charge in [0, 0.05) is 18.0 Å². The molecule has 3 heterocycles. The molecule has 1 aliphatic rings. The van der Waals surface area contributed by atoms with Crippen molar-refractivity contribution in [2.75, 3.05) is 0 Å². The minimum atomic E-state index is 0.152. The molecule has 5 heteroatoms. The van der Waals surface area contributed by atoms with E-state index in [2.05, 4.69) is 19.9 Å². The maximum Gasteiger partial charge on any atom is 0.234 e. The van der Waals surface area contributed by atoms with Crippen molar-refractivity contribution in [3.63, 3.8) is 0 Å². The summed E-state index contributed by atoms with van der Waals surface area (Å²) in [7, 11) is 0. The molecule has 3 rings (SSSR count). The summed E-state index contributed by atoms with van der Waals surface area (Å²) >= 11 is 0. The van der Waals surface area contributed by atoms with E-state index in [4.69, 9.17) is 5.26 Å². The molecule has 5 nitrogen and oxygen atoms in total. The van der Waals surface area contributed by atoms with Gasteiger partial charge in [-0.3, -0.25) is 4.99 Å². The average molecular weight is 195 g/mol. The second-order valence-electron chi connectivity index (χ2n) is 3.17. The second kappa shape index (κ2) is 2.82. The van der Waals surface area contributed by atoms with Crippen LogP contribution in [-0.2, 0) is 6.54 Å². The standard InChI is InChI=1S/C10H5N5/c11-3-8-14-7-5-12-4-6-1-2-13-10(15-8)9(6)7/h1-2,4H,5H2. The molecule has 0 amide bonds. The number of pyridine rings is 1. The Morgan fingerprint density at radius 2 is 2.27 bits per heavy atom. The van der Waals surface area contributed by atoms with Crippen LogP contribution in [0, 0.1) is 11.3 Å². The molecule has 0 bridgehead atoms. The van der Waals surface area contributed by atoms with Gasteiger partial charge in [0.05, 0.1) is 17.6 Å². The summed E-state index contributed by atoms with van der Waals surface area (Å²) in [6.45, 7) is 0.492. The molecule has 70 valence electrons. The Morgan fingerprint density at radius 3 is 3.13 bits per heavy atom. The van der Waals surface area contributed by atoms with E-state index in [9.17, 15) is 0 Å². The summed E-state index contributed by atoms with van der Waals surface area (Å²) in [6.07, 6.45) is 3.44. The predicted octanol–water partition coefficient (Wildman–Crippen LogP) is 0.829. The van der Waals surface area contributed by atoms with Gasteiger partial charge in [-0.25, -0.2) is 9.97 Å². The van der Waals surface area contributed by atoms with Crippen molar-refractivity contribution in [2.45, 2.75) is 6.54 Å². The van der Waals surface area contributed by atoms with Crippen LogP contribution in [0.5, 0.6) is 0 Å². The van der Waals surface area contributed by atoms with Crippen LogP contribution in [0.15, 0.2) is 17.3 Å². The molecule has 0 N–H and O–H groups in total. The highest BCUT2D eigenvalue weighted by atomic mass is 15.0. The van der Waals surface area contributed by atoms with Crippen molar-refractivity contribution in [1.29, 1.82) is 5.26 Å². The molecule has 0 saturated heterocycles. The molecular formula is C10H5N5. The van der Waals surface area contributed by atoms with Crippen LogP contribution in [0.1, 0.15) is 17.1 Å². The van der Waals surface area contributed by atoms with Crippen LogP contribution >= 0.6 is 0 Å². The lowest BCUT2D eigenvalue weighted by atomic mass is 10.1. The second-order valence-corrected chi connectivity index (χ2v) is 3.17.